The number of piperidine rings is 1. The predicted molar refractivity (Wildman–Crippen MR) is 152 cm³/mol. The van der Waals surface area contributed by atoms with Gasteiger partial charge in [-0.25, -0.2) is 0 Å². The molecule has 0 saturated carbocycles. The van der Waals surface area contributed by atoms with Crippen molar-refractivity contribution in [3.05, 3.63) is 95.1 Å². The zero-order valence-electron chi connectivity index (χ0n) is 20.8. The van der Waals surface area contributed by atoms with Crippen molar-refractivity contribution in [3.63, 3.8) is 0 Å². The Labute approximate surface area is 232 Å². The van der Waals surface area contributed by atoms with Crippen molar-refractivity contribution in [1.82, 2.24) is 9.88 Å². The fourth-order valence-corrected chi connectivity index (χ4v) is 5.12. The second kappa shape index (κ2) is 12.1. The minimum Gasteiger partial charge on any atom is -0.490 e. The van der Waals surface area contributed by atoms with Crippen LogP contribution in [0.25, 0.3) is 10.9 Å². The minimum absolute atomic E-state index is 0.0442. The van der Waals surface area contributed by atoms with E-state index in [1.54, 1.807) is 35.4 Å². The number of pyridine rings is 1. The Balaban J connectivity index is 1.18. The summed E-state index contributed by atoms with van der Waals surface area (Å²) in [6.07, 6.45) is 2.52. The van der Waals surface area contributed by atoms with E-state index in [1.165, 1.54) is 0 Å². The molecule has 0 spiro atoms. The van der Waals surface area contributed by atoms with Crippen molar-refractivity contribution in [2.45, 2.75) is 18.9 Å². The van der Waals surface area contributed by atoms with Crippen LogP contribution < -0.4 is 9.64 Å². The van der Waals surface area contributed by atoms with E-state index in [1.807, 2.05) is 54.6 Å². The third-order valence-electron chi connectivity index (χ3n) is 6.83. The Hall–Kier alpha value is -3.16. The number of aliphatic hydroxyl groups excluding tert-OH is 1. The van der Waals surface area contributed by atoms with Gasteiger partial charge in [-0.1, -0.05) is 29.3 Å². The standard InChI is InChI=1S/C30H29Cl2N3O3/c31-22-6-10-24(11-7-22)35(25-12-8-23(32)9-13-25)30(37)21-14-17-34(18-15-21)19-26(36)20-38-29-5-1-4-28-27(29)3-2-16-33-28/h1-13,16,21,26,36H,14-15,17-20H2. The average Bonchev–Trinajstić information content (AvgIpc) is 2.94. The fourth-order valence-electron chi connectivity index (χ4n) is 4.87. The van der Waals surface area contributed by atoms with Crippen LogP contribution in [0.3, 0.4) is 0 Å². The number of hydrogen-bond acceptors (Lipinski definition) is 5. The number of aromatic nitrogens is 1. The number of carbonyl (C=O) groups excluding carboxylic acids is 1. The number of ether oxygens (including phenoxy) is 1. The van der Waals surface area contributed by atoms with Gasteiger partial charge in [0, 0.05) is 45.5 Å². The molecule has 2 heterocycles. The largest absolute Gasteiger partial charge is 0.490 e. The molecule has 0 bridgehead atoms. The van der Waals surface area contributed by atoms with Gasteiger partial charge in [-0.3, -0.25) is 14.7 Å². The van der Waals surface area contributed by atoms with Gasteiger partial charge in [0.05, 0.1) is 5.52 Å². The van der Waals surface area contributed by atoms with Gasteiger partial charge in [-0.05, 0) is 98.7 Å². The van der Waals surface area contributed by atoms with Crippen LogP contribution in [0.1, 0.15) is 12.8 Å². The first kappa shape index (κ1) is 26.4. The van der Waals surface area contributed by atoms with Crippen molar-refractivity contribution in [2.75, 3.05) is 31.1 Å². The summed E-state index contributed by atoms with van der Waals surface area (Å²) >= 11 is 12.2. The summed E-state index contributed by atoms with van der Waals surface area (Å²) in [5, 5.41) is 12.8. The number of hydrogen-bond donors (Lipinski definition) is 1. The monoisotopic (exact) mass is 549 g/mol. The lowest BCUT2D eigenvalue weighted by Gasteiger charge is -2.35. The van der Waals surface area contributed by atoms with Crippen LogP contribution in [0.2, 0.25) is 10.0 Å². The number of β-amino-alcohol motifs (C(OH)–C–C–N with tert-alkyl or cyclic N) is 1. The van der Waals surface area contributed by atoms with E-state index in [0.29, 0.717) is 35.2 Å². The van der Waals surface area contributed by atoms with Crippen LogP contribution in [0, 0.1) is 5.92 Å². The summed E-state index contributed by atoms with van der Waals surface area (Å²) in [4.78, 5) is 22.0. The van der Waals surface area contributed by atoms with Crippen LogP contribution in [-0.2, 0) is 4.79 Å². The van der Waals surface area contributed by atoms with E-state index in [9.17, 15) is 9.90 Å². The molecule has 3 aromatic carbocycles. The highest BCUT2D eigenvalue weighted by Gasteiger charge is 2.31. The summed E-state index contributed by atoms with van der Waals surface area (Å²) in [7, 11) is 0. The molecular weight excluding hydrogens is 521 g/mol. The van der Waals surface area contributed by atoms with Crippen molar-refractivity contribution in [2.24, 2.45) is 5.92 Å². The number of likely N-dealkylation sites (tertiary alicyclic amines) is 1. The number of carbonyl (C=O) groups is 1. The summed E-state index contributed by atoms with van der Waals surface area (Å²) in [5.74, 6) is 0.625. The lowest BCUT2D eigenvalue weighted by atomic mass is 9.94. The maximum atomic E-state index is 13.7. The van der Waals surface area contributed by atoms with Crippen LogP contribution >= 0.6 is 23.2 Å². The summed E-state index contributed by atoms with van der Waals surface area (Å²) in [6.45, 7) is 2.12. The van der Waals surface area contributed by atoms with Gasteiger partial charge in [0.1, 0.15) is 18.5 Å². The van der Waals surface area contributed by atoms with E-state index in [0.717, 1.165) is 35.4 Å². The fraction of sp³-hybridized carbons (Fsp3) is 0.267. The number of nitrogens with zero attached hydrogens (tertiary/aromatic N) is 3. The van der Waals surface area contributed by atoms with Gasteiger partial charge in [0.15, 0.2) is 0 Å². The number of rotatable bonds is 8. The number of amides is 1. The second-order valence-corrected chi connectivity index (χ2v) is 10.4. The number of halogens is 2. The molecule has 1 saturated heterocycles. The summed E-state index contributed by atoms with van der Waals surface area (Å²) in [5.41, 5.74) is 2.39. The number of anilines is 2. The van der Waals surface area contributed by atoms with E-state index in [2.05, 4.69) is 9.88 Å². The Morgan fingerprint density at radius 1 is 0.947 bits per heavy atom. The second-order valence-electron chi connectivity index (χ2n) is 9.49. The molecule has 8 heteroatoms. The quantitative estimate of drug-likeness (QED) is 0.277. The number of benzene rings is 3. The highest BCUT2D eigenvalue weighted by molar-refractivity contribution is 6.31. The third kappa shape index (κ3) is 6.27. The zero-order valence-corrected chi connectivity index (χ0v) is 22.4. The van der Waals surface area contributed by atoms with E-state index >= 15 is 0 Å². The zero-order chi connectivity index (χ0) is 26.5. The lowest BCUT2D eigenvalue weighted by Crippen LogP contribution is -2.44. The topological polar surface area (TPSA) is 65.9 Å². The molecule has 1 aliphatic rings. The van der Waals surface area contributed by atoms with Crippen molar-refractivity contribution in [1.29, 1.82) is 0 Å². The normalized spacial score (nSPS) is 15.3. The average molecular weight is 550 g/mol. The molecular formula is C30H29Cl2N3O3. The SMILES string of the molecule is O=C(C1CCN(CC(O)COc2cccc3ncccc23)CC1)N(c1ccc(Cl)cc1)c1ccc(Cl)cc1. The first-order chi connectivity index (χ1) is 18.5. The molecule has 5 rings (SSSR count). The molecule has 4 aromatic rings. The smallest absolute Gasteiger partial charge is 0.234 e. The summed E-state index contributed by atoms with van der Waals surface area (Å²) < 4.78 is 5.93. The first-order valence-corrected chi connectivity index (χ1v) is 13.5. The maximum absolute atomic E-state index is 13.7. The van der Waals surface area contributed by atoms with E-state index in [4.69, 9.17) is 27.9 Å². The molecule has 1 aliphatic heterocycles. The maximum Gasteiger partial charge on any atom is 0.234 e. The molecule has 1 N–H and O–H groups in total. The van der Waals surface area contributed by atoms with Gasteiger partial charge in [-0.15, -0.1) is 0 Å². The molecule has 6 nitrogen and oxygen atoms in total. The van der Waals surface area contributed by atoms with Gasteiger partial charge in [0.2, 0.25) is 5.91 Å². The first-order valence-electron chi connectivity index (χ1n) is 12.7. The Bertz CT molecular complexity index is 1320. The Morgan fingerprint density at radius 3 is 2.21 bits per heavy atom. The van der Waals surface area contributed by atoms with Gasteiger partial charge < -0.3 is 14.7 Å². The molecule has 38 heavy (non-hydrogen) atoms. The molecule has 196 valence electrons. The van der Waals surface area contributed by atoms with Gasteiger partial charge >= 0.3 is 0 Å². The van der Waals surface area contributed by atoms with E-state index in [-0.39, 0.29) is 18.4 Å². The molecule has 0 aliphatic carbocycles. The van der Waals surface area contributed by atoms with Crippen molar-refractivity contribution < 1.29 is 14.6 Å². The third-order valence-corrected chi connectivity index (χ3v) is 7.34. The molecule has 0 radical (unpaired) electrons. The highest BCUT2D eigenvalue weighted by atomic mass is 35.5. The number of aliphatic hydroxyl groups is 1. The van der Waals surface area contributed by atoms with Gasteiger partial charge in [0.25, 0.3) is 0 Å². The molecule has 1 fully saturated rings. The molecule has 1 amide bonds. The van der Waals surface area contributed by atoms with Gasteiger partial charge in [-0.2, -0.15) is 0 Å². The molecule has 1 unspecified atom stereocenters. The number of fused-ring (bicyclic) bond motifs is 1. The molecule has 1 aromatic heterocycles. The minimum atomic E-state index is -0.645. The molecule has 1 atom stereocenters. The van der Waals surface area contributed by atoms with Crippen LogP contribution in [0.5, 0.6) is 5.75 Å². The van der Waals surface area contributed by atoms with Crippen LogP contribution in [0.4, 0.5) is 11.4 Å². The van der Waals surface area contributed by atoms with Crippen LogP contribution in [-0.4, -0.2) is 53.2 Å². The lowest BCUT2D eigenvalue weighted by molar-refractivity contribution is -0.123. The summed E-state index contributed by atoms with van der Waals surface area (Å²) in [6, 6.07) is 24.1. The van der Waals surface area contributed by atoms with E-state index < -0.39 is 6.10 Å². The van der Waals surface area contributed by atoms with Crippen molar-refractivity contribution in [3.8, 4) is 5.75 Å². The predicted octanol–water partition coefficient (Wildman–Crippen LogP) is 6.36. The Kier molecular flexibility index (Phi) is 8.45. The van der Waals surface area contributed by atoms with Crippen molar-refractivity contribution >= 4 is 51.4 Å². The highest BCUT2D eigenvalue weighted by Crippen LogP contribution is 2.32. The van der Waals surface area contributed by atoms with Crippen LogP contribution in [0.15, 0.2) is 85.1 Å². The Morgan fingerprint density at radius 2 is 1.58 bits per heavy atom.